The lowest BCUT2D eigenvalue weighted by Crippen LogP contribution is -2.18. The number of rotatable bonds is 4. The predicted octanol–water partition coefficient (Wildman–Crippen LogP) is 3.96. The maximum Gasteiger partial charge on any atom is 0.349 e. The van der Waals surface area contributed by atoms with E-state index in [1.807, 2.05) is 19.1 Å². The van der Waals surface area contributed by atoms with Crippen LogP contribution in [0.15, 0.2) is 53.0 Å². The minimum absolute atomic E-state index is 0.543. The van der Waals surface area contributed by atoms with Crippen LogP contribution in [0.4, 0.5) is 0 Å². The standard InChI is InChI=1S/C15H13BrO3/c1-10-2-8-13(9-3-10)19-14(15(17)18)11-4-6-12(16)7-5-11/h2-9,14H,1H3,(H,17,18). The molecule has 1 unspecified atom stereocenters. The van der Waals surface area contributed by atoms with Crippen molar-refractivity contribution in [2.24, 2.45) is 0 Å². The number of ether oxygens (including phenoxy) is 1. The molecular weight excluding hydrogens is 308 g/mol. The lowest BCUT2D eigenvalue weighted by atomic mass is 10.1. The van der Waals surface area contributed by atoms with Crippen LogP contribution in [0.5, 0.6) is 5.75 Å². The van der Waals surface area contributed by atoms with E-state index in [1.165, 1.54) is 0 Å². The van der Waals surface area contributed by atoms with Crippen LogP contribution in [0.25, 0.3) is 0 Å². The predicted molar refractivity (Wildman–Crippen MR) is 76.3 cm³/mol. The average molecular weight is 321 g/mol. The first kappa shape index (κ1) is 13.6. The maximum atomic E-state index is 11.3. The first-order chi connectivity index (χ1) is 9.06. The highest BCUT2D eigenvalue weighted by Gasteiger charge is 2.21. The van der Waals surface area contributed by atoms with Gasteiger partial charge in [0.2, 0.25) is 6.10 Å². The van der Waals surface area contributed by atoms with Crippen LogP contribution in [0.1, 0.15) is 17.2 Å². The Labute approximate surface area is 120 Å². The number of aryl methyl sites for hydroxylation is 1. The molecular formula is C15H13BrO3. The van der Waals surface area contributed by atoms with Crippen molar-refractivity contribution in [1.82, 2.24) is 0 Å². The van der Waals surface area contributed by atoms with Crippen molar-refractivity contribution in [1.29, 1.82) is 0 Å². The summed E-state index contributed by atoms with van der Waals surface area (Å²) in [7, 11) is 0. The van der Waals surface area contributed by atoms with Crippen molar-refractivity contribution in [3.63, 3.8) is 0 Å². The molecule has 0 heterocycles. The molecule has 0 amide bonds. The molecule has 0 saturated carbocycles. The second kappa shape index (κ2) is 5.89. The number of halogens is 1. The summed E-state index contributed by atoms with van der Waals surface area (Å²) < 4.78 is 6.44. The van der Waals surface area contributed by atoms with Gasteiger partial charge < -0.3 is 9.84 Å². The molecule has 2 aromatic rings. The molecule has 0 bridgehead atoms. The van der Waals surface area contributed by atoms with E-state index in [-0.39, 0.29) is 0 Å². The fourth-order valence-corrected chi connectivity index (χ4v) is 1.92. The number of benzene rings is 2. The molecule has 0 aliphatic carbocycles. The lowest BCUT2D eigenvalue weighted by molar-refractivity contribution is -0.145. The molecule has 0 radical (unpaired) electrons. The van der Waals surface area contributed by atoms with Crippen molar-refractivity contribution in [2.45, 2.75) is 13.0 Å². The summed E-state index contributed by atoms with van der Waals surface area (Å²) in [5.74, 6) is -0.469. The zero-order chi connectivity index (χ0) is 13.8. The van der Waals surface area contributed by atoms with Crippen LogP contribution >= 0.6 is 15.9 Å². The van der Waals surface area contributed by atoms with Crippen LogP contribution in [0.2, 0.25) is 0 Å². The Morgan fingerprint density at radius 2 is 1.68 bits per heavy atom. The normalized spacial score (nSPS) is 11.9. The van der Waals surface area contributed by atoms with Gasteiger partial charge in [-0.05, 0) is 31.2 Å². The van der Waals surface area contributed by atoms with Crippen LogP contribution in [-0.2, 0) is 4.79 Å². The molecule has 2 aromatic carbocycles. The van der Waals surface area contributed by atoms with Gasteiger partial charge in [-0.2, -0.15) is 0 Å². The molecule has 0 fully saturated rings. The van der Waals surface area contributed by atoms with Crippen molar-refractivity contribution in [2.75, 3.05) is 0 Å². The Morgan fingerprint density at radius 3 is 2.21 bits per heavy atom. The van der Waals surface area contributed by atoms with Crippen LogP contribution in [0.3, 0.4) is 0 Å². The van der Waals surface area contributed by atoms with Gasteiger partial charge in [0.05, 0.1) is 0 Å². The number of aliphatic carboxylic acids is 1. The van der Waals surface area contributed by atoms with Gasteiger partial charge in [0.25, 0.3) is 0 Å². The van der Waals surface area contributed by atoms with Gasteiger partial charge in [0.15, 0.2) is 0 Å². The van der Waals surface area contributed by atoms with Crippen molar-refractivity contribution in [3.05, 3.63) is 64.1 Å². The summed E-state index contributed by atoms with van der Waals surface area (Å²) in [4.78, 5) is 11.3. The molecule has 4 heteroatoms. The number of carboxylic acids is 1. The third-order valence-electron chi connectivity index (χ3n) is 2.67. The molecule has 19 heavy (non-hydrogen) atoms. The van der Waals surface area contributed by atoms with Crippen molar-refractivity contribution in [3.8, 4) is 5.75 Å². The largest absolute Gasteiger partial charge is 0.478 e. The van der Waals surface area contributed by atoms with E-state index in [4.69, 9.17) is 4.74 Å². The lowest BCUT2D eigenvalue weighted by Gasteiger charge is -2.15. The summed E-state index contributed by atoms with van der Waals surface area (Å²) in [5.41, 5.74) is 1.71. The zero-order valence-corrected chi connectivity index (χ0v) is 11.9. The molecule has 0 spiro atoms. The van der Waals surface area contributed by atoms with Gasteiger partial charge >= 0.3 is 5.97 Å². The number of carboxylic acid groups (broad SMARTS) is 1. The Bertz CT molecular complexity index is 561. The first-order valence-corrected chi connectivity index (χ1v) is 6.57. The van der Waals surface area contributed by atoms with Crippen LogP contribution < -0.4 is 4.74 Å². The van der Waals surface area contributed by atoms with Crippen LogP contribution in [0, 0.1) is 6.92 Å². The molecule has 98 valence electrons. The maximum absolute atomic E-state index is 11.3. The first-order valence-electron chi connectivity index (χ1n) is 5.78. The highest BCUT2D eigenvalue weighted by Crippen LogP contribution is 2.24. The van der Waals surface area contributed by atoms with Gasteiger partial charge in [-0.15, -0.1) is 0 Å². The van der Waals surface area contributed by atoms with E-state index >= 15 is 0 Å². The van der Waals surface area contributed by atoms with E-state index in [0.717, 1.165) is 10.0 Å². The fourth-order valence-electron chi connectivity index (χ4n) is 1.65. The molecule has 2 rings (SSSR count). The fraction of sp³-hybridized carbons (Fsp3) is 0.133. The van der Waals surface area contributed by atoms with Gasteiger partial charge in [-0.3, -0.25) is 0 Å². The Hall–Kier alpha value is -1.81. The molecule has 3 nitrogen and oxygen atoms in total. The molecule has 0 aliphatic rings. The van der Waals surface area contributed by atoms with Gasteiger partial charge in [0, 0.05) is 10.0 Å². The average Bonchev–Trinajstić information content (AvgIpc) is 2.39. The van der Waals surface area contributed by atoms with E-state index in [0.29, 0.717) is 11.3 Å². The summed E-state index contributed by atoms with van der Waals surface area (Å²) in [6, 6.07) is 14.4. The summed E-state index contributed by atoms with van der Waals surface area (Å²) in [6.07, 6.45) is -1.00. The molecule has 0 aliphatic heterocycles. The van der Waals surface area contributed by atoms with Gasteiger partial charge in [0.1, 0.15) is 5.75 Å². The van der Waals surface area contributed by atoms with E-state index in [9.17, 15) is 9.90 Å². The number of carbonyl (C=O) groups is 1. The number of hydrogen-bond donors (Lipinski definition) is 1. The highest BCUT2D eigenvalue weighted by atomic mass is 79.9. The van der Waals surface area contributed by atoms with Crippen molar-refractivity contribution < 1.29 is 14.6 Å². The smallest absolute Gasteiger partial charge is 0.349 e. The Balaban J connectivity index is 2.23. The number of hydrogen-bond acceptors (Lipinski definition) is 2. The topological polar surface area (TPSA) is 46.5 Å². The second-order valence-electron chi connectivity index (χ2n) is 4.20. The Kier molecular flexibility index (Phi) is 4.22. The van der Waals surface area contributed by atoms with Crippen molar-refractivity contribution >= 4 is 21.9 Å². The monoisotopic (exact) mass is 320 g/mol. The third kappa shape index (κ3) is 3.58. The van der Waals surface area contributed by atoms with E-state index in [2.05, 4.69) is 15.9 Å². The summed E-state index contributed by atoms with van der Waals surface area (Å²) >= 11 is 3.32. The van der Waals surface area contributed by atoms with Gasteiger partial charge in [-0.25, -0.2) is 4.79 Å². The summed E-state index contributed by atoms with van der Waals surface area (Å²) in [6.45, 7) is 1.97. The molecule has 1 N–H and O–H groups in total. The zero-order valence-electron chi connectivity index (χ0n) is 10.3. The van der Waals surface area contributed by atoms with E-state index < -0.39 is 12.1 Å². The quantitative estimate of drug-likeness (QED) is 0.927. The minimum Gasteiger partial charge on any atom is -0.478 e. The Morgan fingerprint density at radius 1 is 1.11 bits per heavy atom. The molecule has 0 saturated heterocycles. The second-order valence-corrected chi connectivity index (χ2v) is 5.12. The highest BCUT2D eigenvalue weighted by molar-refractivity contribution is 9.10. The van der Waals surface area contributed by atoms with E-state index in [1.54, 1.807) is 36.4 Å². The molecule has 1 atom stereocenters. The summed E-state index contributed by atoms with van der Waals surface area (Å²) in [5, 5.41) is 9.28. The molecule has 0 aromatic heterocycles. The SMILES string of the molecule is Cc1ccc(OC(C(=O)O)c2ccc(Br)cc2)cc1. The van der Waals surface area contributed by atoms with Crippen LogP contribution in [-0.4, -0.2) is 11.1 Å². The minimum atomic E-state index is -1.01. The third-order valence-corrected chi connectivity index (χ3v) is 3.20. The van der Waals surface area contributed by atoms with Gasteiger partial charge in [-0.1, -0.05) is 45.8 Å².